The Morgan fingerprint density at radius 1 is 1.25 bits per heavy atom. The Morgan fingerprint density at radius 2 is 2.11 bits per heavy atom. The van der Waals surface area contributed by atoms with E-state index in [1.165, 1.54) is 18.4 Å². The number of hydrogen-bond donors (Lipinski definition) is 2. The molecule has 0 spiro atoms. The highest BCUT2D eigenvalue weighted by molar-refractivity contribution is 5.93. The second-order valence-corrected chi connectivity index (χ2v) is 6.83. The summed E-state index contributed by atoms with van der Waals surface area (Å²) in [6.07, 6.45) is 5.20. The van der Waals surface area contributed by atoms with Crippen LogP contribution in [0.3, 0.4) is 0 Å². The highest BCUT2D eigenvalue weighted by Gasteiger charge is 2.14. The fourth-order valence-corrected chi connectivity index (χ4v) is 3.05. The number of nitrogens with two attached hydrogens (primary N) is 1. The number of halogens is 1. The van der Waals surface area contributed by atoms with Crippen LogP contribution in [-0.4, -0.2) is 34.6 Å². The quantitative estimate of drug-likeness (QED) is 0.550. The van der Waals surface area contributed by atoms with Crippen molar-refractivity contribution in [3.63, 3.8) is 0 Å². The van der Waals surface area contributed by atoms with E-state index >= 15 is 0 Å². The molecule has 3 aromatic rings. The number of rotatable bonds is 9. The zero-order chi connectivity index (χ0) is 19.9. The molecule has 0 saturated carbocycles. The molecule has 0 fully saturated rings. The SMILES string of the molecule is CN(CCCCCc1cc(-c2cccc(F)c2)n[nH]1)C(=O)c1coc(CN)c1. The summed E-state index contributed by atoms with van der Waals surface area (Å²) < 4.78 is 18.5. The van der Waals surface area contributed by atoms with E-state index in [1.54, 1.807) is 24.1 Å². The maximum atomic E-state index is 13.3. The standard InChI is InChI=1S/C21H25FN4O2/c1-26(21(27)16-11-19(13-23)28-14-16)9-4-2-3-8-18-12-20(25-24-18)15-6-5-7-17(22)10-15/h5-7,10-12,14H,2-4,8-9,13,23H2,1H3,(H,24,25). The largest absolute Gasteiger partial charge is 0.467 e. The van der Waals surface area contributed by atoms with Gasteiger partial charge in [0.1, 0.15) is 17.8 Å². The molecule has 0 aliphatic carbocycles. The molecule has 0 bridgehead atoms. The third-order valence-electron chi connectivity index (χ3n) is 4.64. The number of furan rings is 1. The number of aromatic nitrogens is 2. The fraction of sp³-hybridized carbons (Fsp3) is 0.333. The van der Waals surface area contributed by atoms with Crippen molar-refractivity contribution >= 4 is 5.91 Å². The number of carbonyl (C=O) groups is 1. The molecule has 28 heavy (non-hydrogen) atoms. The van der Waals surface area contributed by atoms with Crippen molar-refractivity contribution in [1.82, 2.24) is 15.1 Å². The summed E-state index contributed by atoms with van der Waals surface area (Å²) in [6, 6.07) is 10.1. The van der Waals surface area contributed by atoms with Crippen LogP contribution < -0.4 is 5.73 Å². The molecule has 0 aliphatic rings. The number of carbonyl (C=O) groups excluding carboxylic acids is 1. The molecule has 6 nitrogen and oxygen atoms in total. The molecule has 3 N–H and O–H groups in total. The molecule has 0 atom stereocenters. The van der Waals surface area contributed by atoms with Crippen molar-refractivity contribution in [3.05, 3.63) is 65.5 Å². The van der Waals surface area contributed by atoms with E-state index in [-0.39, 0.29) is 18.3 Å². The Hall–Kier alpha value is -2.93. The fourth-order valence-electron chi connectivity index (χ4n) is 3.05. The third-order valence-corrected chi connectivity index (χ3v) is 4.64. The number of H-pyrrole nitrogens is 1. The van der Waals surface area contributed by atoms with Gasteiger partial charge in [-0.1, -0.05) is 18.6 Å². The number of unbranched alkanes of at least 4 members (excludes halogenated alkanes) is 2. The topological polar surface area (TPSA) is 88.2 Å². The van der Waals surface area contributed by atoms with E-state index in [9.17, 15) is 9.18 Å². The Kier molecular flexibility index (Phi) is 6.60. The monoisotopic (exact) mass is 384 g/mol. The number of nitrogens with one attached hydrogen (secondary N) is 1. The third kappa shape index (κ3) is 5.07. The Morgan fingerprint density at radius 3 is 2.86 bits per heavy atom. The lowest BCUT2D eigenvalue weighted by Gasteiger charge is -2.15. The van der Waals surface area contributed by atoms with Crippen molar-refractivity contribution in [3.8, 4) is 11.3 Å². The number of benzene rings is 1. The van der Waals surface area contributed by atoms with Crippen molar-refractivity contribution in [2.75, 3.05) is 13.6 Å². The summed E-state index contributed by atoms with van der Waals surface area (Å²) in [7, 11) is 1.79. The highest BCUT2D eigenvalue weighted by atomic mass is 19.1. The van der Waals surface area contributed by atoms with E-state index < -0.39 is 0 Å². The van der Waals surface area contributed by atoms with E-state index in [0.29, 0.717) is 17.9 Å². The van der Waals surface area contributed by atoms with E-state index in [4.69, 9.17) is 10.2 Å². The molecular formula is C21H25FN4O2. The van der Waals surface area contributed by atoms with Crippen molar-refractivity contribution < 1.29 is 13.6 Å². The lowest BCUT2D eigenvalue weighted by molar-refractivity contribution is 0.0792. The first-order chi connectivity index (χ1) is 13.6. The molecule has 1 amide bonds. The Balaban J connectivity index is 1.39. The van der Waals surface area contributed by atoms with Crippen molar-refractivity contribution in [1.29, 1.82) is 0 Å². The molecule has 148 valence electrons. The number of amides is 1. The molecule has 3 rings (SSSR count). The number of hydrogen-bond acceptors (Lipinski definition) is 4. The maximum Gasteiger partial charge on any atom is 0.256 e. The lowest BCUT2D eigenvalue weighted by atomic mass is 10.1. The van der Waals surface area contributed by atoms with Gasteiger partial charge in [0, 0.05) is 24.8 Å². The van der Waals surface area contributed by atoms with Gasteiger partial charge in [-0.25, -0.2) is 4.39 Å². The summed E-state index contributed by atoms with van der Waals surface area (Å²) in [4.78, 5) is 14.0. The first-order valence-corrected chi connectivity index (χ1v) is 9.40. The maximum absolute atomic E-state index is 13.3. The molecule has 0 aliphatic heterocycles. The summed E-state index contributed by atoms with van der Waals surface area (Å²) in [5, 5.41) is 7.27. The molecule has 0 unspecified atom stereocenters. The van der Waals surface area contributed by atoms with Crippen LogP contribution in [0.1, 0.15) is 41.1 Å². The summed E-state index contributed by atoms with van der Waals surface area (Å²) >= 11 is 0. The smallest absolute Gasteiger partial charge is 0.256 e. The van der Waals surface area contributed by atoms with Gasteiger partial charge < -0.3 is 15.1 Å². The van der Waals surface area contributed by atoms with Crippen LogP contribution in [-0.2, 0) is 13.0 Å². The van der Waals surface area contributed by atoms with Gasteiger partial charge in [0.2, 0.25) is 0 Å². The summed E-state index contributed by atoms with van der Waals surface area (Å²) in [6.45, 7) is 0.963. The van der Waals surface area contributed by atoms with E-state index in [0.717, 1.165) is 42.6 Å². The zero-order valence-electron chi connectivity index (χ0n) is 16.0. The number of aromatic amines is 1. The van der Waals surface area contributed by atoms with E-state index in [1.807, 2.05) is 12.1 Å². The first kappa shape index (κ1) is 19.8. The van der Waals surface area contributed by atoms with Gasteiger partial charge in [-0.05, 0) is 43.5 Å². The number of nitrogens with zero attached hydrogens (tertiary/aromatic N) is 2. The second-order valence-electron chi connectivity index (χ2n) is 6.83. The van der Waals surface area contributed by atoms with Crippen LogP contribution in [0.25, 0.3) is 11.3 Å². The predicted octanol–water partition coefficient (Wildman–Crippen LogP) is 3.75. The first-order valence-electron chi connectivity index (χ1n) is 9.40. The molecule has 2 heterocycles. The van der Waals surface area contributed by atoms with Crippen LogP contribution in [0.2, 0.25) is 0 Å². The van der Waals surface area contributed by atoms with Gasteiger partial charge in [0.25, 0.3) is 5.91 Å². The molecule has 1 aromatic carbocycles. The lowest BCUT2D eigenvalue weighted by Crippen LogP contribution is -2.27. The van der Waals surface area contributed by atoms with Gasteiger partial charge in [0.05, 0.1) is 17.8 Å². The molecule has 7 heteroatoms. The summed E-state index contributed by atoms with van der Waals surface area (Å²) in [5.74, 6) is 0.279. The Bertz CT molecular complexity index is 919. The average molecular weight is 384 g/mol. The number of aryl methyl sites for hydroxylation is 1. The van der Waals surface area contributed by atoms with Crippen LogP contribution >= 0.6 is 0 Å². The summed E-state index contributed by atoms with van der Waals surface area (Å²) in [5.41, 5.74) is 8.57. The molecule has 0 saturated heterocycles. The minimum atomic E-state index is -0.268. The van der Waals surface area contributed by atoms with Gasteiger partial charge in [-0.2, -0.15) is 5.10 Å². The van der Waals surface area contributed by atoms with Gasteiger partial charge in [-0.15, -0.1) is 0 Å². The zero-order valence-corrected chi connectivity index (χ0v) is 16.0. The highest BCUT2D eigenvalue weighted by Crippen LogP contribution is 2.19. The van der Waals surface area contributed by atoms with Crippen LogP contribution in [0.15, 0.2) is 47.1 Å². The normalized spacial score (nSPS) is 11.0. The van der Waals surface area contributed by atoms with Crippen molar-refractivity contribution in [2.45, 2.75) is 32.2 Å². The Labute approximate surface area is 163 Å². The minimum absolute atomic E-state index is 0.0586. The second kappa shape index (κ2) is 9.32. The van der Waals surface area contributed by atoms with E-state index in [2.05, 4.69) is 10.2 Å². The van der Waals surface area contributed by atoms with Gasteiger partial charge in [-0.3, -0.25) is 9.89 Å². The average Bonchev–Trinajstić information content (AvgIpc) is 3.36. The molecular weight excluding hydrogens is 359 g/mol. The predicted molar refractivity (Wildman–Crippen MR) is 105 cm³/mol. The van der Waals surface area contributed by atoms with Gasteiger partial charge in [0.15, 0.2) is 0 Å². The van der Waals surface area contributed by atoms with Crippen LogP contribution in [0.4, 0.5) is 4.39 Å². The van der Waals surface area contributed by atoms with Gasteiger partial charge >= 0.3 is 0 Å². The molecule has 2 aromatic heterocycles. The van der Waals surface area contributed by atoms with Crippen LogP contribution in [0, 0.1) is 5.82 Å². The molecule has 0 radical (unpaired) electrons. The van der Waals surface area contributed by atoms with Crippen molar-refractivity contribution in [2.24, 2.45) is 5.73 Å². The van der Waals surface area contributed by atoms with Crippen LogP contribution in [0.5, 0.6) is 0 Å². The minimum Gasteiger partial charge on any atom is -0.467 e.